The van der Waals surface area contributed by atoms with Crippen LogP contribution < -0.4 is 5.32 Å². The summed E-state index contributed by atoms with van der Waals surface area (Å²) in [6, 6.07) is 2.75. The summed E-state index contributed by atoms with van der Waals surface area (Å²) in [6.45, 7) is 5.46. The predicted molar refractivity (Wildman–Crippen MR) is 96.4 cm³/mol. The Bertz CT molecular complexity index is 620. The molecule has 1 fully saturated rings. The fourth-order valence-corrected chi connectivity index (χ4v) is 3.10. The number of likely N-dealkylation sites (N-methyl/N-ethyl adjacent to an activating group) is 1. The van der Waals surface area contributed by atoms with E-state index in [9.17, 15) is 14.9 Å². The van der Waals surface area contributed by atoms with E-state index in [1.807, 2.05) is 32.8 Å². The van der Waals surface area contributed by atoms with Gasteiger partial charge in [0.2, 0.25) is 11.7 Å². The maximum Gasteiger partial charge on any atom is 0.311 e. The van der Waals surface area contributed by atoms with Gasteiger partial charge in [0.25, 0.3) is 0 Å². The third kappa shape index (κ3) is 4.88. The number of hydrogen-bond acceptors (Lipinski definition) is 6. The average molecular weight is 349 g/mol. The first-order valence-corrected chi connectivity index (χ1v) is 8.60. The van der Waals surface area contributed by atoms with Crippen LogP contribution in [0.3, 0.4) is 0 Å². The molecule has 1 aromatic heterocycles. The van der Waals surface area contributed by atoms with Crippen molar-refractivity contribution in [2.24, 2.45) is 5.92 Å². The van der Waals surface area contributed by atoms with Crippen molar-refractivity contribution in [1.82, 2.24) is 14.8 Å². The van der Waals surface area contributed by atoms with Gasteiger partial charge in [-0.25, -0.2) is 4.98 Å². The highest BCUT2D eigenvalue weighted by molar-refractivity contribution is 5.85. The molecule has 0 unspecified atom stereocenters. The van der Waals surface area contributed by atoms with E-state index in [2.05, 4.69) is 15.2 Å². The molecule has 8 nitrogen and oxygen atoms in total. The van der Waals surface area contributed by atoms with Crippen LogP contribution in [0, 0.1) is 16.0 Å². The Balaban J connectivity index is 2.17. The number of pyridine rings is 1. The van der Waals surface area contributed by atoms with Crippen molar-refractivity contribution in [1.29, 1.82) is 0 Å². The second kappa shape index (κ2) is 8.24. The number of carbonyl (C=O) groups excluding carboxylic acids is 1. The lowest BCUT2D eigenvalue weighted by molar-refractivity contribution is -0.384. The minimum atomic E-state index is -0.519. The van der Waals surface area contributed by atoms with Gasteiger partial charge < -0.3 is 15.1 Å². The van der Waals surface area contributed by atoms with Crippen molar-refractivity contribution in [2.45, 2.75) is 38.8 Å². The van der Waals surface area contributed by atoms with E-state index in [0.29, 0.717) is 25.6 Å². The smallest absolute Gasteiger partial charge is 0.311 e. The van der Waals surface area contributed by atoms with Gasteiger partial charge in [-0.15, -0.1) is 0 Å². The molecule has 2 rings (SSSR count). The third-order valence-corrected chi connectivity index (χ3v) is 4.50. The summed E-state index contributed by atoms with van der Waals surface area (Å²) < 4.78 is 0. The zero-order valence-corrected chi connectivity index (χ0v) is 15.3. The van der Waals surface area contributed by atoms with E-state index in [1.54, 1.807) is 0 Å². The Morgan fingerprint density at radius 1 is 1.52 bits per heavy atom. The number of aromatic nitrogens is 1. The van der Waals surface area contributed by atoms with E-state index >= 15 is 0 Å². The van der Waals surface area contributed by atoms with Crippen LogP contribution in [0.4, 0.5) is 11.5 Å². The number of nitrogens with one attached hydrogen (secondary N) is 1. The number of anilines is 1. The molecule has 1 amide bonds. The normalized spacial score (nSPS) is 18.6. The molecule has 138 valence electrons. The monoisotopic (exact) mass is 349 g/mol. The summed E-state index contributed by atoms with van der Waals surface area (Å²) in [5.41, 5.74) is -0.114. The molecule has 0 aliphatic carbocycles. The number of hydrogen-bond donors (Lipinski definition) is 1. The molecule has 1 aliphatic heterocycles. The number of carbonyl (C=O) groups is 1. The minimum Gasteiger partial charge on any atom is -0.353 e. The molecule has 2 heterocycles. The predicted octanol–water partition coefficient (Wildman–Crippen LogP) is 1.98. The van der Waals surface area contributed by atoms with Gasteiger partial charge >= 0.3 is 5.69 Å². The molecule has 2 atom stereocenters. The van der Waals surface area contributed by atoms with Crippen LogP contribution in [-0.2, 0) is 4.79 Å². The Morgan fingerprint density at radius 2 is 2.24 bits per heavy atom. The zero-order valence-electron chi connectivity index (χ0n) is 15.3. The molecule has 1 N–H and O–H groups in total. The lowest BCUT2D eigenvalue weighted by atomic mass is 10.0. The van der Waals surface area contributed by atoms with Crippen LogP contribution in [0.25, 0.3) is 0 Å². The Labute approximate surface area is 148 Å². The highest BCUT2D eigenvalue weighted by atomic mass is 16.6. The van der Waals surface area contributed by atoms with Crippen LogP contribution in [0.15, 0.2) is 18.3 Å². The molecule has 8 heteroatoms. The largest absolute Gasteiger partial charge is 0.353 e. The average Bonchev–Trinajstić information content (AvgIpc) is 3.03. The van der Waals surface area contributed by atoms with Crippen LogP contribution in [0.1, 0.15) is 26.7 Å². The second-order valence-electron chi connectivity index (χ2n) is 7.15. The second-order valence-corrected chi connectivity index (χ2v) is 7.15. The molecular formula is C17H27N5O3. The number of nitro groups is 1. The molecule has 0 saturated carbocycles. The van der Waals surface area contributed by atoms with E-state index in [1.165, 1.54) is 18.3 Å². The molecule has 25 heavy (non-hydrogen) atoms. The SMILES string of the molecule is CC(C)C[C@H](Nc1ncccc1[N+](=O)[O-])C(=O)N1CC[C@H](N(C)C)C1. The number of likely N-dealkylation sites (tertiary alicyclic amines) is 1. The standard InChI is InChI=1S/C17H27N5O3/c1-12(2)10-14(17(23)21-9-7-13(11-21)20(3)4)19-16-15(22(24)25)6-5-8-18-16/h5-6,8,12-14H,7,9-11H2,1-4H3,(H,18,19)/t13-,14-/m0/s1. The molecule has 0 bridgehead atoms. The highest BCUT2D eigenvalue weighted by Gasteiger charge is 2.33. The first-order valence-electron chi connectivity index (χ1n) is 8.60. The fraction of sp³-hybridized carbons (Fsp3) is 0.647. The fourth-order valence-electron chi connectivity index (χ4n) is 3.10. The summed E-state index contributed by atoms with van der Waals surface area (Å²) >= 11 is 0. The van der Waals surface area contributed by atoms with Crippen molar-refractivity contribution >= 4 is 17.4 Å². The van der Waals surface area contributed by atoms with Crippen molar-refractivity contribution in [3.8, 4) is 0 Å². The van der Waals surface area contributed by atoms with Crippen molar-refractivity contribution < 1.29 is 9.72 Å². The van der Waals surface area contributed by atoms with E-state index in [4.69, 9.17) is 0 Å². The minimum absolute atomic E-state index is 0.0157. The lowest BCUT2D eigenvalue weighted by Gasteiger charge is -2.26. The van der Waals surface area contributed by atoms with Gasteiger partial charge in [-0.3, -0.25) is 14.9 Å². The van der Waals surface area contributed by atoms with Crippen LogP contribution in [0.2, 0.25) is 0 Å². The van der Waals surface area contributed by atoms with Crippen molar-refractivity contribution in [3.05, 3.63) is 28.4 Å². The molecule has 0 spiro atoms. The topological polar surface area (TPSA) is 91.6 Å². The van der Waals surface area contributed by atoms with E-state index < -0.39 is 11.0 Å². The molecule has 1 aliphatic rings. The first-order chi connectivity index (χ1) is 11.8. The summed E-state index contributed by atoms with van der Waals surface area (Å²) in [5.74, 6) is 0.407. The van der Waals surface area contributed by atoms with Gasteiger partial charge in [-0.05, 0) is 38.9 Å². The molecular weight excluding hydrogens is 322 g/mol. The number of rotatable bonds is 7. The Kier molecular flexibility index (Phi) is 6.30. The van der Waals surface area contributed by atoms with Crippen molar-refractivity contribution in [2.75, 3.05) is 32.5 Å². The maximum atomic E-state index is 13.0. The summed E-state index contributed by atoms with van der Waals surface area (Å²) in [6.07, 6.45) is 3.02. The van der Waals surface area contributed by atoms with E-state index in [0.717, 1.165) is 6.42 Å². The highest BCUT2D eigenvalue weighted by Crippen LogP contribution is 2.24. The first kappa shape index (κ1) is 19.1. The molecule has 0 aromatic carbocycles. The summed E-state index contributed by atoms with van der Waals surface area (Å²) in [7, 11) is 4.03. The van der Waals surface area contributed by atoms with E-state index in [-0.39, 0.29) is 23.3 Å². The third-order valence-electron chi connectivity index (χ3n) is 4.50. The van der Waals surface area contributed by atoms with Gasteiger partial charge in [0.1, 0.15) is 6.04 Å². The van der Waals surface area contributed by atoms with Gasteiger partial charge in [0.05, 0.1) is 4.92 Å². The number of amides is 1. The molecule has 1 saturated heterocycles. The van der Waals surface area contributed by atoms with Gasteiger partial charge in [-0.1, -0.05) is 13.8 Å². The lowest BCUT2D eigenvalue weighted by Crippen LogP contribution is -2.44. The van der Waals surface area contributed by atoms with Crippen LogP contribution in [-0.4, -0.2) is 64.9 Å². The van der Waals surface area contributed by atoms with Gasteiger partial charge in [0.15, 0.2) is 0 Å². The van der Waals surface area contributed by atoms with Crippen LogP contribution in [0.5, 0.6) is 0 Å². The Morgan fingerprint density at radius 3 is 2.80 bits per heavy atom. The number of nitrogens with zero attached hydrogens (tertiary/aromatic N) is 4. The maximum absolute atomic E-state index is 13.0. The molecule has 1 aromatic rings. The van der Waals surface area contributed by atoms with Crippen LogP contribution >= 0.6 is 0 Å². The van der Waals surface area contributed by atoms with Crippen molar-refractivity contribution in [3.63, 3.8) is 0 Å². The quantitative estimate of drug-likeness (QED) is 0.598. The van der Waals surface area contributed by atoms with Gasteiger partial charge in [-0.2, -0.15) is 0 Å². The summed E-state index contributed by atoms with van der Waals surface area (Å²) in [4.78, 5) is 31.7. The zero-order chi connectivity index (χ0) is 18.6. The van der Waals surface area contributed by atoms with Gasteiger partial charge in [0, 0.05) is 31.4 Å². The molecule has 0 radical (unpaired) electrons. The summed E-state index contributed by atoms with van der Waals surface area (Å²) in [5, 5.41) is 14.2. The Hall–Kier alpha value is -2.22.